The van der Waals surface area contributed by atoms with Crippen LogP contribution in [0.2, 0.25) is 5.02 Å². The van der Waals surface area contributed by atoms with E-state index in [1.165, 1.54) is 0 Å². The lowest BCUT2D eigenvalue weighted by molar-refractivity contribution is 0.0520. The maximum atomic E-state index is 12.5. The van der Waals surface area contributed by atoms with Crippen LogP contribution in [0.3, 0.4) is 0 Å². The van der Waals surface area contributed by atoms with Crippen LogP contribution in [-0.2, 0) is 18.0 Å². The highest BCUT2D eigenvalue weighted by Crippen LogP contribution is 2.38. The molecule has 3 rings (SSSR count). The first-order chi connectivity index (χ1) is 14.1. The summed E-state index contributed by atoms with van der Waals surface area (Å²) in [5.74, 6) is 0.381. The van der Waals surface area contributed by atoms with Gasteiger partial charge in [0, 0.05) is 6.07 Å². The van der Waals surface area contributed by atoms with E-state index in [1.54, 1.807) is 19.9 Å². The second kappa shape index (κ2) is 9.99. The summed E-state index contributed by atoms with van der Waals surface area (Å²) in [5.41, 5.74) is 2.89. The van der Waals surface area contributed by atoms with Crippen molar-refractivity contribution < 1.29 is 19.0 Å². The van der Waals surface area contributed by atoms with Gasteiger partial charge in [-0.25, -0.2) is 4.79 Å². The first kappa shape index (κ1) is 20.7. The Kier molecular flexibility index (Phi) is 7.14. The summed E-state index contributed by atoms with van der Waals surface area (Å²) in [5, 5.41) is 0.371. The first-order valence-corrected chi connectivity index (χ1v) is 9.81. The summed E-state index contributed by atoms with van der Waals surface area (Å²) in [7, 11) is 0. The summed E-state index contributed by atoms with van der Waals surface area (Å²) in [6, 6.07) is 21.2. The van der Waals surface area contributed by atoms with Crippen LogP contribution in [0.5, 0.6) is 11.5 Å². The molecule has 0 amide bonds. The van der Waals surface area contributed by atoms with Gasteiger partial charge in [0.05, 0.1) is 11.6 Å². The van der Waals surface area contributed by atoms with E-state index >= 15 is 0 Å². The smallest absolute Gasteiger partial charge is 0.342 e. The second-order valence-electron chi connectivity index (χ2n) is 6.46. The molecule has 0 atom stereocenters. The summed E-state index contributed by atoms with van der Waals surface area (Å²) >= 11 is 6.51. The third-order valence-electron chi connectivity index (χ3n) is 4.38. The molecule has 0 aromatic heterocycles. The van der Waals surface area contributed by atoms with Crippen molar-refractivity contribution in [2.24, 2.45) is 0 Å². The fourth-order valence-electron chi connectivity index (χ4n) is 2.88. The minimum Gasteiger partial charge on any atom is -0.488 e. The maximum Gasteiger partial charge on any atom is 0.342 e. The number of ether oxygens (including phenoxy) is 3. The van der Waals surface area contributed by atoms with E-state index in [0.717, 1.165) is 11.1 Å². The normalized spacial score (nSPS) is 10.4. The summed E-state index contributed by atoms with van der Waals surface area (Å²) in [6.07, 6.45) is 0. The van der Waals surface area contributed by atoms with Gasteiger partial charge in [-0.3, -0.25) is 0 Å². The number of carbonyl (C=O) groups excluding carboxylic acids is 1. The van der Waals surface area contributed by atoms with E-state index in [9.17, 15) is 4.79 Å². The van der Waals surface area contributed by atoms with E-state index < -0.39 is 5.97 Å². The molecule has 0 fully saturated rings. The monoisotopic (exact) mass is 410 g/mol. The Morgan fingerprint density at radius 3 is 1.90 bits per heavy atom. The minimum atomic E-state index is -0.468. The zero-order valence-electron chi connectivity index (χ0n) is 16.5. The minimum absolute atomic E-state index is 0.264. The molecule has 0 unspecified atom stereocenters. The molecule has 0 bridgehead atoms. The van der Waals surface area contributed by atoms with Gasteiger partial charge in [-0.15, -0.1) is 0 Å². The van der Waals surface area contributed by atoms with Crippen LogP contribution in [0.1, 0.15) is 34.0 Å². The Morgan fingerprint density at radius 1 is 0.862 bits per heavy atom. The zero-order valence-corrected chi connectivity index (χ0v) is 17.2. The molecule has 0 radical (unpaired) electrons. The van der Waals surface area contributed by atoms with Gasteiger partial charge in [0.1, 0.15) is 30.3 Å². The molecule has 3 aromatic rings. The Hall–Kier alpha value is -2.98. The fourth-order valence-corrected chi connectivity index (χ4v) is 3.08. The Morgan fingerprint density at radius 2 is 1.38 bits per heavy atom. The summed E-state index contributed by atoms with van der Waals surface area (Å²) in [6.45, 7) is 4.46. The van der Waals surface area contributed by atoms with E-state index in [2.05, 4.69) is 0 Å². The maximum absolute atomic E-state index is 12.5. The summed E-state index contributed by atoms with van der Waals surface area (Å²) < 4.78 is 17.1. The van der Waals surface area contributed by atoms with Crippen molar-refractivity contribution >= 4 is 17.6 Å². The molecule has 0 spiro atoms. The SMILES string of the molecule is CCOC(=O)c1c(OCc2ccccc2)cc(OCc2ccccc2)c(Cl)c1C. The van der Waals surface area contributed by atoms with Gasteiger partial charge in [-0.2, -0.15) is 0 Å². The molecule has 0 N–H and O–H groups in total. The van der Waals surface area contributed by atoms with Crippen LogP contribution >= 0.6 is 11.6 Å². The predicted molar refractivity (Wildman–Crippen MR) is 114 cm³/mol. The average molecular weight is 411 g/mol. The number of hydrogen-bond donors (Lipinski definition) is 0. The van der Waals surface area contributed by atoms with Crippen LogP contribution in [0, 0.1) is 6.92 Å². The molecule has 3 aromatic carbocycles. The van der Waals surface area contributed by atoms with E-state index in [0.29, 0.717) is 40.9 Å². The number of esters is 1. The van der Waals surface area contributed by atoms with Crippen molar-refractivity contribution in [2.45, 2.75) is 27.1 Å². The molecule has 0 aliphatic heterocycles. The molecule has 0 saturated heterocycles. The lowest BCUT2D eigenvalue weighted by Gasteiger charge is -2.18. The van der Waals surface area contributed by atoms with E-state index in [1.807, 2.05) is 60.7 Å². The van der Waals surface area contributed by atoms with Gasteiger partial charge in [0.15, 0.2) is 0 Å². The van der Waals surface area contributed by atoms with Gasteiger partial charge in [0.25, 0.3) is 0 Å². The molecule has 0 heterocycles. The largest absolute Gasteiger partial charge is 0.488 e. The lowest BCUT2D eigenvalue weighted by atomic mass is 10.1. The van der Waals surface area contributed by atoms with Crippen LogP contribution in [0.4, 0.5) is 0 Å². The fraction of sp³-hybridized carbons (Fsp3) is 0.208. The molecule has 29 heavy (non-hydrogen) atoms. The Labute approximate surface area is 176 Å². The van der Waals surface area contributed by atoms with Gasteiger partial charge in [0.2, 0.25) is 0 Å². The molecular formula is C24H23ClO4. The second-order valence-corrected chi connectivity index (χ2v) is 6.83. The predicted octanol–water partition coefficient (Wildman–Crippen LogP) is 5.98. The first-order valence-electron chi connectivity index (χ1n) is 9.43. The molecule has 5 heteroatoms. The Balaban J connectivity index is 1.90. The summed E-state index contributed by atoms with van der Waals surface area (Å²) in [4.78, 5) is 12.5. The Bertz CT molecular complexity index is 956. The molecule has 0 aliphatic rings. The third-order valence-corrected chi connectivity index (χ3v) is 4.85. The molecule has 150 valence electrons. The van der Waals surface area contributed by atoms with Gasteiger partial charge >= 0.3 is 5.97 Å². The van der Waals surface area contributed by atoms with Gasteiger partial charge in [-0.05, 0) is 30.5 Å². The van der Waals surface area contributed by atoms with Crippen LogP contribution in [0.15, 0.2) is 66.7 Å². The number of carbonyl (C=O) groups is 1. The number of rotatable bonds is 8. The van der Waals surface area contributed by atoms with Crippen molar-refractivity contribution in [1.29, 1.82) is 0 Å². The topological polar surface area (TPSA) is 44.8 Å². The molecular weight excluding hydrogens is 388 g/mol. The standard InChI is InChI=1S/C24H23ClO4/c1-3-27-24(26)22-17(2)23(25)21(29-16-19-12-8-5-9-13-19)14-20(22)28-15-18-10-6-4-7-11-18/h4-14H,3,15-16H2,1-2H3. The highest BCUT2D eigenvalue weighted by Gasteiger charge is 2.23. The van der Waals surface area contributed by atoms with E-state index in [-0.39, 0.29) is 6.61 Å². The van der Waals surface area contributed by atoms with Crippen LogP contribution in [0.25, 0.3) is 0 Å². The van der Waals surface area contributed by atoms with Crippen molar-refractivity contribution in [2.75, 3.05) is 6.61 Å². The highest BCUT2D eigenvalue weighted by atomic mass is 35.5. The number of benzene rings is 3. The van der Waals surface area contributed by atoms with Gasteiger partial charge < -0.3 is 14.2 Å². The number of hydrogen-bond acceptors (Lipinski definition) is 4. The van der Waals surface area contributed by atoms with Crippen LogP contribution in [-0.4, -0.2) is 12.6 Å². The molecule has 0 saturated carbocycles. The quantitative estimate of drug-likeness (QED) is 0.428. The third kappa shape index (κ3) is 5.30. The van der Waals surface area contributed by atoms with Crippen molar-refractivity contribution in [3.8, 4) is 11.5 Å². The van der Waals surface area contributed by atoms with Gasteiger partial charge in [-0.1, -0.05) is 72.3 Å². The number of halogens is 1. The highest BCUT2D eigenvalue weighted by molar-refractivity contribution is 6.33. The van der Waals surface area contributed by atoms with Crippen LogP contribution < -0.4 is 9.47 Å². The lowest BCUT2D eigenvalue weighted by Crippen LogP contribution is -2.11. The van der Waals surface area contributed by atoms with Crippen molar-refractivity contribution in [3.05, 3.63) is 94.0 Å². The zero-order chi connectivity index (χ0) is 20.6. The van der Waals surface area contributed by atoms with Crippen molar-refractivity contribution in [1.82, 2.24) is 0 Å². The molecule has 4 nitrogen and oxygen atoms in total. The molecule has 0 aliphatic carbocycles. The average Bonchev–Trinajstić information content (AvgIpc) is 2.75. The van der Waals surface area contributed by atoms with E-state index in [4.69, 9.17) is 25.8 Å². The van der Waals surface area contributed by atoms with Crippen molar-refractivity contribution in [3.63, 3.8) is 0 Å².